The van der Waals surface area contributed by atoms with Crippen molar-refractivity contribution in [1.82, 2.24) is 0 Å². The molecule has 0 unspecified atom stereocenters. The zero-order valence-corrected chi connectivity index (χ0v) is 11.2. The van der Waals surface area contributed by atoms with Crippen LogP contribution < -0.4 is 10.5 Å². The predicted molar refractivity (Wildman–Crippen MR) is 67.1 cm³/mol. The van der Waals surface area contributed by atoms with E-state index in [1.54, 1.807) is 0 Å². The second-order valence-corrected chi connectivity index (χ2v) is 4.80. The maximum absolute atomic E-state index is 12.4. The van der Waals surface area contributed by atoms with Gasteiger partial charge in [-0.1, -0.05) is 12.1 Å². The van der Waals surface area contributed by atoms with Gasteiger partial charge in [0.05, 0.1) is 0 Å². The topological polar surface area (TPSA) is 35.2 Å². The van der Waals surface area contributed by atoms with Crippen molar-refractivity contribution < 1.29 is 17.9 Å². The van der Waals surface area contributed by atoms with Crippen LogP contribution >= 0.6 is 12.4 Å². The van der Waals surface area contributed by atoms with Gasteiger partial charge in [0.25, 0.3) is 0 Å². The fourth-order valence-corrected chi connectivity index (χ4v) is 1.29. The summed E-state index contributed by atoms with van der Waals surface area (Å²) in [6.45, 7) is 5.59. The number of alkyl halides is 3. The Morgan fingerprint density at radius 3 is 1.83 bits per heavy atom. The zero-order chi connectivity index (χ0) is 13.3. The van der Waals surface area contributed by atoms with Crippen molar-refractivity contribution in [3.63, 3.8) is 0 Å². The lowest BCUT2D eigenvalue weighted by molar-refractivity contribution is -0.149. The van der Waals surface area contributed by atoms with E-state index in [0.29, 0.717) is 5.75 Å². The van der Waals surface area contributed by atoms with Crippen molar-refractivity contribution in [2.75, 3.05) is 0 Å². The lowest BCUT2D eigenvalue weighted by Crippen LogP contribution is -2.28. The van der Waals surface area contributed by atoms with Crippen molar-refractivity contribution >= 4 is 12.4 Å². The summed E-state index contributed by atoms with van der Waals surface area (Å²) in [5.41, 5.74) is 4.73. The molecule has 1 rings (SSSR count). The van der Waals surface area contributed by atoms with Gasteiger partial charge in [-0.25, -0.2) is 0 Å². The summed E-state index contributed by atoms with van der Waals surface area (Å²) < 4.78 is 42.6. The number of halogens is 4. The minimum absolute atomic E-state index is 0. The Balaban J connectivity index is 0.00000289. The molecule has 0 aliphatic carbocycles. The third-order valence-electron chi connectivity index (χ3n) is 2.02. The molecule has 1 aromatic rings. The summed E-state index contributed by atoms with van der Waals surface area (Å²) in [4.78, 5) is 0. The van der Waals surface area contributed by atoms with Crippen molar-refractivity contribution in [3.8, 4) is 5.75 Å². The summed E-state index contributed by atoms with van der Waals surface area (Å²) in [6, 6.07) is 3.70. The van der Waals surface area contributed by atoms with Crippen LogP contribution in [0.2, 0.25) is 0 Å². The van der Waals surface area contributed by atoms with Gasteiger partial charge < -0.3 is 10.5 Å². The van der Waals surface area contributed by atoms with E-state index in [1.807, 2.05) is 20.8 Å². The van der Waals surface area contributed by atoms with Gasteiger partial charge in [0, 0.05) is 0 Å². The largest absolute Gasteiger partial charge is 0.488 e. The van der Waals surface area contributed by atoms with Gasteiger partial charge >= 0.3 is 6.18 Å². The molecule has 1 atom stereocenters. The second-order valence-electron chi connectivity index (χ2n) is 4.80. The average Bonchev–Trinajstić information content (AvgIpc) is 2.14. The van der Waals surface area contributed by atoms with Gasteiger partial charge in [0.15, 0.2) is 0 Å². The van der Waals surface area contributed by atoms with Crippen molar-refractivity contribution in [2.45, 2.75) is 38.6 Å². The molecule has 0 spiro atoms. The number of hydrogen-bond acceptors (Lipinski definition) is 2. The number of benzene rings is 1. The molecule has 1 aromatic carbocycles. The van der Waals surface area contributed by atoms with Gasteiger partial charge in [-0.2, -0.15) is 13.2 Å². The summed E-state index contributed by atoms with van der Waals surface area (Å²) in [5.74, 6) is 0.524. The molecule has 18 heavy (non-hydrogen) atoms. The monoisotopic (exact) mass is 283 g/mol. The highest BCUT2D eigenvalue weighted by molar-refractivity contribution is 5.85. The maximum Gasteiger partial charge on any atom is 0.407 e. The number of nitrogens with two attached hydrogens (primary N) is 1. The fourth-order valence-electron chi connectivity index (χ4n) is 1.29. The number of rotatable bonds is 2. The third-order valence-corrected chi connectivity index (χ3v) is 2.02. The van der Waals surface area contributed by atoms with Crippen LogP contribution in [-0.2, 0) is 0 Å². The molecule has 0 aromatic heterocycles. The molecule has 0 saturated carbocycles. The molecule has 0 aliphatic heterocycles. The average molecular weight is 284 g/mol. The van der Waals surface area contributed by atoms with Crippen LogP contribution in [0.4, 0.5) is 13.2 Å². The van der Waals surface area contributed by atoms with E-state index < -0.39 is 12.2 Å². The zero-order valence-electron chi connectivity index (χ0n) is 10.4. The summed E-state index contributed by atoms with van der Waals surface area (Å²) in [5, 5.41) is 0. The van der Waals surface area contributed by atoms with E-state index in [1.165, 1.54) is 24.3 Å². The van der Waals surface area contributed by atoms with E-state index in [0.717, 1.165) is 0 Å². The molecule has 0 aliphatic rings. The maximum atomic E-state index is 12.4. The quantitative estimate of drug-likeness (QED) is 0.895. The first-order valence-electron chi connectivity index (χ1n) is 5.21. The van der Waals surface area contributed by atoms with E-state index in [2.05, 4.69) is 0 Å². The van der Waals surface area contributed by atoms with E-state index in [4.69, 9.17) is 10.5 Å². The molecular weight excluding hydrogens is 267 g/mol. The second kappa shape index (κ2) is 5.80. The molecule has 2 nitrogen and oxygen atoms in total. The minimum Gasteiger partial charge on any atom is -0.488 e. The highest BCUT2D eigenvalue weighted by Crippen LogP contribution is 2.31. The van der Waals surface area contributed by atoms with Gasteiger partial charge in [-0.05, 0) is 38.5 Å². The Labute approximate surface area is 111 Å². The van der Waals surface area contributed by atoms with Crippen LogP contribution in [0.15, 0.2) is 24.3 Å². The Bertz CT molecular complexity index is 370. The highest BCUT2D eigenvalue weighted by Gasteiger charge is 2.37. The molecule has 0 bridgehead atoms. The van der Waals surface area contributed by atoms with Crippen LogP contribution in [0.25, 0.3) is 0 Å². The smallest absolute Gasteiger partial charge is 0.407 e. The molecule has 2 N–H and O–H groups in total. The Morgan fingerprint density at radius 1 is 1.06 bits per heavy atom. The number of hydrogen-bond donors (Lipinski definition) is 1. The summed E-state index contributed by atoms with van der Waals surface area (Å²) in [7, 11) is 0. The number of ether oxygens (including phenoxy) is 1. The molecule has 0 amide bonds. The lowest BCUT2D eigenvalue weighted by atomic mass is 10.1. The van der Waals surface area contributed by atoms with Gasteiger partial charge in [-0.3, -0.25) is 0 Å². The van der Waals surface area contributed by atoms with Gasteiger partial charge in [-0.15, -0.1) is 12.4 Å². The Kier molecular flexibility index (Phi) is 5.50. The first kappa shape index (κ1) is 17.1. The van der Waals surface area contributed by atoms with Crippen LogP contribution in [-0.4, -0.2) is 11.8 Å². The molecule has 0 saturated heterocycles. The van der Waals surface area contributed by atoms with Gasteiger partial charge in [0.2, 0.25) is 0 Å². The molecule has 104 valence electrons. The van der Waals surface area contributed by atoms with E-state index >= 15 is 0 Å². The molecule has 0 fully saturated rings. The van der Waals surface area contributed by atoms with E-state index in [9.17, 15) is 13.2 Å². The molecular formula is C12H17ClF3NO. The normalized spacial score (nSPS) is 13.7. The molecule has 0 heterocycles. The standard InChI is InChI=1S/C12H16F3NO.ClH/c1-11(2,3)17-9-6-4-8(5-7-9)10(16)12(13,14)15;/h4-7,10H,16H2,1-3H3;1H/t10-;/m1./s1. The lowest BCUT2D eigenvalue weighted by Gasteiger charge is -2.22. The summed E-state index contributed by atoms with van der Waals surface area (Å²) in [6.07, 6.45) is -4.42. The fraction of sp³-hybridized carbons (Fsp3) is 0.500. The summed E-state index contributed by atoms with van der Waals surface area (Å²) >= 11 is 0. The Hall–Kier alpha value is -0.940. The van der Waals surface area contributed by atoms with Crippen molar-refractivity contribution in [2.24, 2.45) is 5.73 Å². The molecule has 0 radical (unpaired) electrons. The molecule has 6 heteroatoms. The van der Waals surface area contributed by atoms with Crippen LogP contribution in [0.3, 0.4) is 0 Å². The Morgan fingerprint density at radius 2 is 1.50 bits per heavy atom. The predicted octanol–water partition coefficient (Wildman–Crippen LogP) is 3.85. The van der Waals surface area contributed by atoms with E-state index in [-0.39, 0.29) is 23.6 Å². The first-order chi connectivity index (χ1) is 7.59. The van der Waals surface area contributed by atoms with Crippen LogP contribution in [0.1, 0.15) is 32.4 Å². The minimum atomic E-state index is -4.42. The van der Waals surface area contributed by atoms with Crippen LogP contribution in [0, 0.1) is 0 Å². The van der Waals surface area contributed by atoms with Crippen molar-refractivity contribution in [1.29, 1.82) is 0 Å². The van der Waals surface area contributed by atoms with Crippen LogP contribution in [0.5, 0.6) is 5.75 Å². The van der Waals surface area contributed by atoms with Gasteiger partial charge in [0.1, 0.15) is 17.4 Å². The highest BCUT2D eigenvalue weighted by atomic mass is 35.5. The SMILES string of the molecule is CC(C)(C)Oc1ccc([C@@H](N)C(F)(F)F)cc1.Cl. The first-order valence-corrected chi connectivity index (χ1v) is 5.21. The van der Waals surface area contributed by atoms with Crippen molar-refractivity contribution in [3.05, 3.63) is 29.8 Å². The third kappa shape index (κ3) is 5.14.